The van der Waals surface area contributed by atoms with Gasteiger partial charge in [0.2, 0.25) is 0 Å². The number of thiazole rings is 1. The molecule has 0 aliphatic heterocycles. The van der Waals surface area contributed by atoms with Crippen LogP contribution in [0.4, 0.5) is 5.13 Å². The van der Waals surface area contributed by atoms with E-state index in [-0.39, 0.29) is 22.0 Å². The second kappa shape index (κ2) is 11.6. The molecule has 1 aromatic heterocycles. The molecule has 0 saturated carbocycles. The molecule has 0 spiro atoms. The van der Waals surface area contributed by atoms with Gasteiger partial charge in [-0.2, -0.15) is 13.7 Å². The van der Waals surface area contributed by atoms with E-state index in [1.165, 1.54) is 74.1 Å². The van der Waals surface area contributed by atoms with Gasteiger partial charge in [0, 0.05) is 10.9 Å². The minimum Gasteiger partial charge on any atom is -0.497 e. The summed E-state index contributed by atoms with van der Waals surface area (Å²) in [6, 6.07) is 21.4. The van der Waals surface area contributed by atoms with E-state index in [1.54, 1.807) is 0 Å². The third-order valence-corrected chi connectivity index (χ3v) is 7.21. The lowest BCUT2D eigenvalue weighted by molar-refractivity contribution is -0.112. The molecule has 0 unspecified atom stereocenters. The molecule has 4 rings (SSSR count). The van der Waals surface area contributed by atoms with E-state index in [0.717, 1.165) is 5.56 Å². The van der Waals surface area contributed by atoms with Crippen LogP contribution >= 0.6 is 11.3 Å². The van der Waals surface area contributed by atoms with E-state index in [0.29, 0.717) is 22.1 Å². The number of ether oxygens (including phenoxy) is 2. The average Bonchev–Trinajstić information content (AvgIpc) is 3.41. The molecule has 4 aromatic rings. The monoisotopic (exact) mass is 547 g/mol. The molecule has 3 aromatic carbocycles. The Hall–Kier alpha value is -4.66. The number of anilines is 1. The summed E-state index contributed by atoms with van der Waals surface area (Å²) in [5.41, 5.74) is 1.86. The van der Waals surface area contributed by atoms with Crippen LogP contribution < -0.4 is 19.0 Å². The fourth-order valence-electron chi connectivity index (χ4n) is 3.30. The number of methoxy groups -OCH3 is 2. The zero-order valence-corrected chi connectivity index (χ0v) is 21.9. The first kappa shape index (κ1) is 26.4. The van der Waals surface area contributed by atoms with Crippen LogP contribution in [0, 0.1) is 11.3 Å². The Bertz CT molecular complexity index is 1620. The number of nitrogens with zero attached hydrogens (tertiary/aromatic N) is 2. The van der Waals surface area contributed by atoms with Gasteiger partial charge < -0.3 is 13.7 Å². The summed E-state index contributed by atoms with van der Waals surface area (Å²) in [6.07, 6.45) is 1.35. The first-order valence-corrected chi connectivity index (χ1v) is 13.3. The highest BCUT2D eigenvalue weighted by atomic mass is 32.2. The van der Waals surface area contributed by atoms with Crippen molar-refractivity contribution in [3.8, 4) is 34.6 Å². The standard InChI is InChI=1S/C27H21N3O6S2/c1-34-21-9-11-22(12-10-21)38(32,33)36-24-13-8-18(15-25(24)35-2)14-20(16-28)26(31)30-27-29-23(17-37-27)19-6-4-3-5-7-19/h3-15,17H,1-2H3,(H,29,30,31)/b20-14-. The van der Waals surface area contributed by atoms with Crippen LogP contribution in [0.2, 0.25) is 0 Å². The van der Waals surface area contributed by atoms with E-state index in [1.807, 2.05) is 41.8 Å². The first-order chi connectivity index (χ1) is 18.3. The van der Waals surface area contributed by atoms with Crippen molar-refractivity contribution in [1.82, 2.24) is 4.98 Å². The van der Waals surface area contributed by atoms with Crippen LogP contribution in [-0.4, -0.2) is 33.5 Å². The number of amides is 1. The summed E-state index contributed by atoms with van der Waals surface area (Å²) in [7, 11) is -1.33. The van der Waals surface area contributed by atoms with Gasteiger partial charge in [-0.05, 0) is 48.0 Å². The van der Waals surface area contributed by atoms with Crippen molar-refractivity contribution in [3.63, 3.8) is 0 Å². The maximum absolute atomic E-state index is 12.7. The molecule has 1 amide bonds. The van der Waals surface area contributed by atoms with Crippen molar-refractivity contribution in [2.75, 3.05) is 19.5 Å². The molecule has 0 saturated heterocycles. The SMILES string of the molecule is COc1ccc(S(=O)(=O)Oc2ccc(/C=C(/C#N)C(=O)Nc3nc(-c4ccccc4)cs3)cc2OC)cc1. The number of nitriles is 1. The van der Waals surface area contributed by atoms with E-state index in [9.17, 15) is 18.5 Å². The molecule has 0 radical (unpaired) electrons. The zero-order chi connectivity index (χ0) is 27.1. The summed E-state index contributed by atoms with van der Waals surface area (Å²) < 4.78 is 41.0. The molecule has 0 bridgehead atoms. The van der Waals surface area contributed by atoms with Crippen molar-refractivity contribution >= 4 is 38.6 Å². The number of carbonyl (C=O) groups excluding carboxylic acids is 1. The van der Waals surface area contributed by atoms with Crippen LogP contribution in [-0.2, 0) is 14.9 Å². The second-order valence-electron chi connectivity index (χ2n) is 7.65. The number of rotatable bonds is 9. The Labute approximate surface area is 223 Å². The zero-order valence-electron chi connectivity index (χ0n) is 20.2. The molecular weight excluding hydrogens is 526 g/mol. The van der Waals surface area contributed by atoms with Crippen LogP contribution in [0.3, 0.4) is 0 Å². The predicted octanol–water partition coefficient (Wildman–Crippen LogP) is 5.14. The molecule has 38 heavy (non-hydrogen) atoms. The van der Waals surface area contributed by atoms with Crippen molar-refractivity contribution in [3.05, 3.63) is 89.3 Å². The van der Waals surface area contributed by atoms with E-state index in [2.05, 4.69) is 10.3 Å². The third kappa shape index (κ3) is 6.18. The summed E-state index contributed by atoms with van der Waals surface area (Å²) in [5.74, 6) is -0.0926. The molecule has 0 fully saturated rings. The lowest BCUT2D eigenvalue weighted by atomic mass is 10.1. The van der Waals surface area contributed by atoms with Crippen LogP contribution in [0.1, 0.15) is 5.56 Å². The lowest BCUT2D eigenvalue weighted by Gasteiger charge is -2.12. The van der Waals surface area contributed by atoms with Gasteiger partial charge in [-0.25, -0.2) is 4.98 Å². The highest BCUT2D eigenvalue weighted by Gasteiger charge is 2.20. The number of carbonyl (C=O) groups is 1. The van der Waals surface area contributed by atoms with E-state index < -0.39 is 16.0 Å². The van der Waals surface area contributed by atoms with Crippen LogP contribution in [0.25, 0.3) is 17.3 Å². The van der Waals surface area contributed by atoms with Crippen molar-refractivity contribution in [1.29, 1.82) is 5.26 Å². The van der Waals surface area contributed by atoms with Gasteiger partial charge in [0.1, 0.15) is 22.3 Å². The summed E-state index contributed by atoms with van der Waals surface area (Å²) in [4.78, 5) is 17.1. The van der Waals surface area contributed by atoms with Crippen LogP contribution in [0.5, 0.6) is 17.2 Å². The van der Waals surface area contributed by atoms with Gasteiger partial charge in [-0.1, -0.05) is 36.4 Å². The Kier molecular flexibility index (Phi) is 8.06. The molecule has 0 aliphatic carbocycles. The first-order valence-electron chi connectivity index (χ1n) is 11.0. The van der Waals surface area contributed by atoms with Crippen molar-refractivity contribution in [2.24, 2.45) is 0 Å². The van der Waals surface area contributed by atoms with Crippen molar-refractivity contribution < 1.29 is 26.9 Å². The van der Waals surface area contributed by atoms with Gasteiger partial charge in [0.05, 0.1) is 19.9 Å². The van der Waals surface area contributed by atoms with E-state index in [4.69, 9.17) is 13.7 Å². The van der Waals surface area contributed by atoms with Gasteiger partial charge in [0.25, 0.3) is 5.91 Å². The molecular formula is C27H21N3O6S2. The molecule has 1 heterocycles. The highest BCUT2D eigenvalue weighted by Crippen LogP contribution is 2.32. The number of benzene rings is 3. The molecule has 0 aliphatic rings. The predicted molar refractivity (Wildman–Crippen MR) is 144 cm³/mol. The molecule has 1 N–H and O–H groups in total. The summed E-state index contributed by atoms with van der Waals surface area (Å²) in [6.45, 7) is 0. The van der Waals surface area contributed by atoms with Gasteiger partial charge in [-0.3, -0.25) is 10.1 Å². The van der Waals surface area contributed by atoms with E-state index >= 15 is 0 Å². The molecule has 192 valence electrons. The maximum Gasteiger partial charge on any atom is 0.339 e. The fraction of sp³-hybridized carbons (Fsp3) is 0.0741. The Morgan fingerprint density at radius 1 is 1.00 bits per heavy atom. The minimum atomic E-state index is -4.15. The Morgan fingerprint density at radius 2 is 1.74 bits per heavy atom. The van der Waals surface area contributed by atoms with Gasteiger partial charge in [0.15, 0.2) is 16.6 Å². The quantitative estimate of drug-likeness (QED) is 0.173. The fourth-order valence-corrected chi connectivity index (χ4v) is 4.96. The second-order valence-corrected chi connectivity index (χ2v) is 10.1. The number of aromatic nitrogens is 1. The average molecular weight is 548 g/mol. The van der Waals surface area contributed by atoms with Crippen LogP contribution in [0.15, 0.2) is 88.6 Å². The summed E-state index contributed by atoms with van der Waals surface area (Å²) in [5, 5.41) is 14.4. The molecule has 0 atom stereocenters. The smallest absolute Gasteiger partial charge is 0.339 e. The van der Waals surface area contributed by atoms with Gasteiger partial charge >= 0.3 is 10.1 Å². The number of hydrogen-bond donors (Lipinski definition) is 1. The van der Waals surface area contributed by atoms with Gasteiger partial charge in [-0.15, -0.1) is 11.3 Å². The largest absolute Gasteiger partial charge is 0.497 e. The number of hydrogen-bond acceptors (Lipinski definition) is 9. The highest BCUT2D eigenvalue weighted by molar-refractivity contribution is 7.87. The maximum atomic E-state index is 12.7. The normalized spacial score (nSPS) is 11.3. The lowest BCUT2D eigenvalue weighted by Crippen LogP contribution is -2.13. The number of nitrogens with one attached hydrogen (secondary N) is 1. The Morgan fingerprint density at radius 3 is 2.39 bits per heavy atom. The molecule has 9 nitrogen and oxygen atoms in total. The third-order valence-electron chi connectivity index (χ3n) is 5.21. The topological polar surface area (TPSA) is 128 Å². The Balaban J connectivity index is 1.51. The van der Waals surface area contributed by atoms with Crippen molar-refractivity contribution in [2.45, 2.75) is 4.90 Å². The minimum absolute atomic E-state index is 0.0559. The molecule has 11 heteroatoms. The summed E-state index contributed by atoms with van der Waals surface area (Å²) >= 11 is 1.24.